The second-order valence-corrected chi connectivity index (χ2v) is 6.77. The highest BCUT2D eigenvalue weighted by molar-refractivity contribution is 5.99. The van der Waals surface area contributed by atoms with E-state index in [0.717, 1.165) is 6.21 Å². The van der Waals surface area contributed by atoms with Crippen molar-refractivity contribution in [1.82, 2.24) is 15.2 Å². The molecule has 1 aromatic heterocycles. The number of carbonyl (C=O) groups is 2. The number of aliphatic hydroxyl groups excluding tert-OH is 1. The number of nitrogens with zero attached hydrogens (tertiary/aromatic N) is 1. The van der Waals surface area contributed by atoms with E-state index in [4.69, 9.17) is 21.0 Å². The van der Waals surface area contributed by atoms with Gasteiger partial charge in [-0.2, -0.15) is 0 Å². The molecule has 2 rings (SSSR count). The van der Waals surface area contributed by atoms with Crippen molar-refractivity contribution in [1.29, 1.82) is 5.41 Å². The fraction of sp³-hybridized carbons (Fsp3) is 0.273. The maximum Gasteiger partial charge on any atom is 0.263 e. The summed E-state index contributed by atoms with van der Waals surface area (Å²) in [7, 11) is 1.40. The fourth-order valence-electron chi connectivity index (χ4n) is 2.89. The number of rotatable bonds is 11. The number of amides is 2. The Balaban J connectivity index is 2.32. The first-order valence-electron chi connectivity index (χ1n) is 9.92. The van der Waals surface area contributed by atoms with Crippen molar-refractivity contribution < 1.29 is 19.4 Å². The molecule has 0 fully saturated rings. The molecule has 0 spiro atoms. The van der Waals surface area contributed by atoms with Crippen LogP contribution in [0.5, 0.6) is 5.75 Å². The summed E-state index contributed by atoms with van der Waals surface area (Å²) < 4.78 is 6.68. The summed E-state index contributed by atoms with van der Waals surface area (Å²) >= 11 is 0. The first kappa shape index (κ1) is 24.4. The number of hydrogen-bond acceptors (Lipinski definition) is 7. The Kier molecular flexibility index (Phi) is 9.18. The summed E-state index contributed by atoms with van der Waals surface area (Å²) in [5.74, 6) is -0.541. The number of aliphatic hydroxyl groups is 1. The Bertz CT molecular complexity index is 1060. The van der Waals surface area contributed by atoms with Gasteiger partial charge in [-0.05, 0) is 42.0 Å². The van der Waals surface area contributed by atoms with Crippen LogP contribution in [0.2, 0.25) is 0 Å². The zero-order valence-electron chi connectivity index (χ0n) is 17.8. The van der Waals surface area contributed by atoms with Crippen molar-refractivity contribution in [2.24, 2.45) is 5.73 Å². The van der Waals surface area contributed by atoms with E-state index in [1.807, 2.05) is 0 Å². The zero-order chi connectivity index (χ0) is 23.5. The Labute approximate surface area is 185 Å². The van der Waals surface area contributed by atoms with Gasteiger partial charge < -0.3 is 36.2 Å². The van der Waals surface area contributed by atoms with E-state index < -0.39 is 17.4 Å². The van der Waals surface area contributed by atoms with Gasteiger partial charge in [0.25, 0.3) is 17.4 Å². The van der Waals surface area contributed by atoms with Gasteiger partial charge in [0, 0.05) is 26.0 Å². The van der Waals surface area contributed by atoms with Gasteiger partial charge in [0.05, 0.1) is 18.7 Å². The molecule has 0 saturated carbocycles. The molecule has 1 heterocycles. The minimum Gasteiger partial charge on any atom is -0.491 e. The van der Waals surface area contributed by atoms with Crippen molar-refractivity contribution in [2.45, 2.75) is 13.0 Å². The highest BCUT2D eigenvalue weighted by atomic mass is 16.5. The lowest BCUT2D eigenvalue weighted by Gasteiger charge is -2.13. The van der Waals surface area contributed by atoms with Crippen LogP contribution in [0.3, 0.4) is 0 Å². The lowest BCUT2D eigenvalue weighted by atomic mass is 10.1. The van der Waals surface area contributed by atoms with Crippen LogP contribution in [0.15, 0.2) is 53.1 Å². The monoisotopic (exact) mass is 441 g/mol. The normalized spacial score (nSPS) is 11.0. The highest BCUT2D eigenvalue weighted by Gasteiger charge is 2.17. The molecule has 0 unspecified atom stereocenters. The average molecular weight is 441 g/mol. The van der Waals surface area contributed by atoms with E-state index in [2.05, 4.69) is 10.6 Å². The molecule has 10 heteroatoms. The maximum absolute atomic E-state index is 12.8. The van der Waals surface area contributed by atoms with Crippen LogP contribution < -0.4 is 26.7 Å². The Morgan fingerprint density at radius 2 is 2.06 bits per heavy atom. The minimum atomic E-state index is -0.601. The van der Waals surface area contributed by atoms with Gasteiger partial charge in [0.15, 0.2) is 0 Å². The van der Waals surface area contributed by atoms with Crippen molar-refractivity contribution >= 4 is 18.0 Å². The van der Waals surface area contributed by atoms with Crippen LogP contribution in [-0.4, -0.2) is 54.5 Å². The van der Waals surface area contributed by atoms with Gasteiger partial charge in [-0.1, -0.05) is 12.1 Å². The molecule has 2 aromatic rings. The largest absolute Gasteiger partial charge is 0.491 e. The molecule has 10 nitrogen and oxygen atoms in total. The second kappa shape index (κ2) is 12.1. The van der Waals surface area contributed by atoms with Gasteiger partial charge in [0.1, 0.15) is 17.9 Å². The highest BCUT2D eigenvalue weighted by Crippen LogP contribution is 2.14. The SMILES string of the molecule is CNC(=O)c1cc(C(=O)NCC/C(C=N)=C/N)cn(Cc2cccc(OCCO)c2)c1=O. The summed E-state index contributed by atoms with van der Waals surface area (Å²) in [4.78, 5) is 37.7. The number of pyridine rings is 1. The summed E-state index contributed by atoms with van der Waals surface area (Å²) in [6.45, 7) is 0.349. The standard InChI is InChI=1S/C22H27N5O5/c1-25-21(30)19-10-17(20(29)26-6-5-16(11-23)12-24)14-27(22(19)31)13-15-3-2-4-18(9-15)32-8-7-28/h2-4,9-12,14,23,28H,5-8,13,24H2,1H3,(H,25,30)(H,26,29)/b16-12-,23-11?. The molecular weight excluding hydrogens is 414 g/mol. The lowest BCUT2D eigenvalue weighted by molar-refractivity contribution is 0.0953. The summed E-state index contributed by atoms with van der Waals surface area (Å²) in [5, 5.41) is 21.2. The van der Waals surface area contributed by atoms with Crippen LogP contribution in [0.25, 0.3) is 0 Å². The van der Waals surface area contributed by atoms with Gasteiger partial charge in [-0.3, -0.25) is 14.4 Å². The number of aromatic nitrogens is 1. The van der Waals surface area contributed by atoms with E-state index in [9.17, 15) is 14.4 Å². The molecule has 0 aliphatic rings. The fourth-order valence-corrected chi connectivity index (χ4v) is 2.89. The van der Waals surface area contributed by atoms with Crippen molar-refractivity contribution in [3.05, 3.63) is 75.3 Å². The summed E-state index contributed by atoms with van der Waals surface area (Å²) in [6.07, 6.45) is 4.16. The number of hydrogen-bond donors (Lipinski definition) is 5. The molecule has 0 aliphatic carbocycles. The van der Waals surface area contributed by atoms with Crippen LogP contribution in [0.1, 0.15) is 32.7 Å². The third kappa shape index (κ3) is 6.54. The third-order valence-corrected chi connectivity index (χ3v) is 4.53. The van der Waals surface area contributed by atoms with Gasteiger partial charge in [0.2, 0.25) is 0 Å². The zero-order valence-corrected chi connectivity index (χ0v) is 17.8. The molecule has 0 atom stereocenters. The molecule has 0 aliphatic heterocycles. The molecule has 2 amide bonds. The molecule has 0 bridgehead atoms. The number of nitrogens with one attached hydrogen (secondary N) is 3. The molecule has 0 saturated heterocycles. The average Bonchev–Trinajstić information content (AvgIpc) is 2.81. The van der Waals surface area contributed by atoms with Gasteiger partial charge in [-0.15, -0.1) is 0 Å². The van der Waals surface area contributed by atoms with E-state index >= 15 is 0 Å². The van der Waals surface area contributed by atoms with E-state index in [1.54, 1.807) is 24.3 Å². The van der Waals surface area contributed by atoms with E-state index in [0.29, 0.717) is 23.3 Å². The van der Waals surface area contributed by atoms with Crippen LogP contribution in [0, 0.1) is 5.41 Å². The Morgan fingerprint density at radius 3 is 2.72 bits per heavy atom. The predicted molar refractivity (Wildman–Crippen MR) is 120 cm³/mol. The number of carbonyl (C=O) groups excluding carboxylic acids is 2. The van der Waals surface area contributed by atoms with E-state index in [-0.39, 0.29) is 37.4 Å². The molecule has 1 aromatic carbocycles. The maximum atomic E-state index is 12.8. The third-order valence-electron chi connectivity index (χ3n) is 4.53. The first-order chi connectivity index (χ1) is 15.4. The Morgan fingerprint density at radius 1 is 1.28 bits per heavy atom. The second-order valence-electron chi connectivity index (χ2n) is 6.77. The smallest absolute Gasteiger partial charge is 0.263 e. The topological polar surface area (TPSA) is 160 Å². The number of nitrogens with two attached hydrogens (primary N) is 1. The van der Waals surface area contributed by atoms with Gasteiger partial charge in [-0.25, -0.2) is 0 Å². The number of benzene rings is 1. The minimum absolute atomic E-state index is 0.105. The Hall–Kier alpha value is -3.92. The lowest BCUT2D eigenvalue weighted by Crippen LogP contribution is -2.34. The summed E-state index contributed by atoms with van der Waals surface area (Å²) in [5.41, 5.74) is 6.11. The van der Waals surface area contributed by atoms with Gasteiger partial charge >= 0.3 is 0 Å². The molecule has 6 N–H and O–H groups in total. The van der Waals surface area contributed by atoms with Crippen LogP contribution in [0.4, 0.5) is 0 Å². The van der Waals surface area contributed by atoms with Crippen LogP contribution >= 0.6 is 0 Å². The molecule has 170 valence electrons. The number of ether oxygens (including phenoxy) is 1. The molecular formula is C22H27N5O5. The first-order valence-corrected chi connectivity index (χ1v) is 9.92. The molecule has 32 heavy (non-hydrogen) atoms. The quantitative estimate of drug-likeness (QED) is 0.314. The molecule has 0 radical (unpaired) electrons. The van der Waals surface area contributed by atoms with Crippen LogP contribution in [-0.2, 0) is 6.54 Å². The van der Waals surface area contributed by atoms with Crippen molar-refractivity contribution in [3.8, 4) is 5.75 Å². The summed E-state index contributed by atoms with van der Waals surface area (Å²) in [6, 6.07) is 8.22. The van der Waals surface area contributed by atoms with E-state index in [1.165, 1.54) is 30.1 Å². The predicted octanol–water partition coefficient (Wildman–Crippen LogP) is 0.239. The van der Waals surface area contributed by atoms with Crippen molar-refractivity contribution in [2.75, 3.05) is 26.8 Å². The van der Waals surface area contributed by atoms with Crippen molar-refractivity contribution in [3.63, 3.8) is 0 Å².